The van der Waals surface area contributed by atoms with Crippen molar-refractivity contribution in [2.24, 2.45) is 11.8 Å². The molecule has 0 aromatic rings. The van der Waals surface area contributed by atoms with E-state index in [-0.39, 0.29) is 6.10 Å². The lowest BCUT2D eigenvalue weighted by Crippen LogP contribution is -2.18. The first-order valence-corrected chi connectivity index (χ1v) is 7.06. The van der Waals surface area contributed by atoms with Crippen molar-refractivity contribution < 1.29 is 4.74 Å². The van der Waals surface area contributed by atoms with E-state index in [1.54, 1.807) is 0 Å². The maximum absolute atomic E-state index is 5.93. The molecule has 0 aliphatic rings. The topological polar surface area (TPSA) is 9.23 Å². The molecule has 0 spiro atoms. The van der Waals surface area contributed by atoms with Gasteiger partial charge in [0, 0.05) is 6.61 Å². The first kappa shape index (κ1) is 16.4. The summed E-state index contributed by atoms with van der Waals surface area (Å²) in [5.74, 6) is 1.18. The fraction of sp³-hybridized carbons (Fsp3) is 0.750. The van der Waals surface area contributed by atoms with E-state index in [1.807, 2.05) is 0 Å². The second-order valence-corrected chi connectivity index (χ2v) is 4.98. The van der Waals surface area contributed by atoms with Gasteiger partial charge in [-0.15, -0.1) is 6.58 Å². The molecule has 0 fully saturated rings. The van der Waals surface area contributed by atoms with Gasteiger partial charge in [-0.1, -0.05) is 52.3 Å². The summed E-state index contributed by atoms with van der Waals surface area (Å²) in [7, 11) is 0. The molecule has 1 nitrogen and oxygen atoms in total. The first-order chi connectivity index (χ1) is 8.15. The van der Waals surface area contributed by atoms with Gasteiger partial charge in [-0.05, 0) is 31.1 Å². The fourth-order valence-corrected chi connectivity index (χ4v) is 1.78. The fourth-order valence-electron chi connectivity index (χ4n) is 1.78. The van der Waals surface area contributed by atoms with Gasteiger partial charge in [0.1, 0.15) is 0 Å². The summed E-state index contributed by atoms with van der Waals surface area (Å²) >= 11 is 0. The van der Waals surface area contributed by atoms with E-state index in [9.17, 15) is 0 Å². The Kier molecular flexibility index (Phi) is 10.2. The van der Waals surface area contributed by atoms with Crippen LogP contribution in [0.15, 0.2) is 24.8 Å². The quantitative estimate of drug-likeness (QED) is 0.385. The van der Waals surface area contributed by atoms with Crippen LogP contribution in [0, 0.1) is 11.8 Å². The lowest BCUT2D eigenvalue weighted by Gasteiger charge is -2.22. The summed E-state index contributed by atoms with van der Waals surface area (Å²) < 4.78 is 5.93. The lowest BCUT2D eigenvalue weighted by atomic mass is 9.90. The third-order valence-corrected chi connectivity index (χ3v) is 3.08. The minimum absolute atomic E-state index is 0.256. The molecule has 100 valence electrons. The van der Waals surface area contributed by atoms with Gasteiger partial charge >= 0.3 is 0 Å². The van der Waals surface area contributed by atoms with Crippen molar-refractivity contribution in [3.05, 3.63) is 24.8 Å². The number of unbranched alkanes of at least 4 members (excludes halogenated alkanes) is 1. The molecule has 0 rings (SSSR count). The number of hydrogen-bond acceptors (Lipinski definition) is 1. The lowest BCUT2D eigenvalue weighted by molar-refractivity contribution is 0.0656. The highest BCUT2D eigenvalue weighted by Crippen LogP contribution is 2.20. The summed E-state index contributed by atoms with van der Waals surface area (Å²) in [5, 5.41) is 0. The zero-order valence-electron chi connectivity index (χ0n) is 12.1. The Morgan fingerprint density at radius 3 is 2.41 bits per heavy atom. The Balaban J connectivity index is 4.24. The molecule has 0 aliphatic heterocycles. The van der Waals surface area contributed by atoms with Gasteiger partial charge in [0.25, 0.3) is 0 Å². The molecule has 0 radical (unpaired) electrons. The molecular weight excluding hydrogens is 208 g/mol. The van der Waals surface area contributed by atoms with Crippen LogP contribution in [0.5, 0.6) is 0 Å². The molecule has 2 atom stereocenters. The monoisotopic (exact) mass is 238 g/mol. The highest BCUT2D eigenvalue weighted by molar-refractivity contribution is 4.93. The normalized spacial score (nSPS) is 15.4. The molecule has 0 saturated carbocycles. The predicted molar refractivity (Wildman–Crippen MR) is 77.2 cm³/mol. The van der Waals surface area contributed by atoms with Gasteiger partial charge in [-0.25, -0.2) is 0 Å². The van der Waals surface area contributed by atoms with Gasteiger partial charge in [-0.2, -0.15) is 0 Å². The van der Waals surface area contributed by atoms with Crippen molar-refractivity contribution in [1.29, 1.82) is 0 Å². The number of ether oxygens (including phenoxy) is 1. The Bertz CT molecular complexity index is 206. The smallest absolute Gasteiger partial charge is 0.0761 e. The van der Waals surface area contributed by atoms with Crippen LogP contribution in [0.4, 0.5) is 0 Å². The molecule has 0 aromatic heterocycles. The van der Waals surface area contributed by atoms with E-state index in [2.05, 4.69) is 52.5 Å². The van der Waals surface area contributed by atoms with Crippen molar-refractivity contribution in [2.45, 2.75) is 59.5 Å². The molecule has 0 amide bonds. The minimum atomic E-state index is 0.256. The molecule has 2 unspecified atom stereocenters. The van der Waals surface area contributed by atoms with Crippen LogP contribution in [0.2, 0.25) is 0 Å². The Morgan fingerprint density at radius 2 is 1.94 bits per heavy atom. The van der Waals surface area contributed by atoms with Crippen LogP contribution >= 0.6 is 0 Å². The average Bonchev–Trinajstić information content (AvgIpc) is 2.31. The molecule has 1 heteroatoms. The molecule has 0 aromatic carbocycles. The summed E-state index contributed by atoms with van der Waals surface area (Å²) in [6.07, 6.45) is 11.2. The van der Waals surface area contributed by atoms with E-state index >= 15 is 0 Å². The SMILES string of the molecule is C=CC(CC(/C=C\CC)OCCCC)C(C)C. The highest BCUT2D eigenvalue weighted by Gasteiger charge is 2.15. The van der Waals surface area contributed by atoms with Crippen LogP contribution in [-0.4, -0.2) is 12.7 Å². The van der Waals surface area contributed by atoms with Gasteiger partial charge in [0.15, 0.2) is 0 Å². The highest BCUT2D eigenvalue weighted by atomic mass is 16.5. The zero-order valence-corrected chi connectivity index (χ0v) is 12.1. The van der Waals surface area contributed by atoms with Crippen molar-refractivity contribution in [1.82, 2.24) is 0 Å². The average molecular weight is 238 g/mol. The standard InChI is InChI=1S/C16H30O/c1-6-9-11-16(17-12-10-7-2)13-15(8-3)14(4)5/h8-9,11,14-16H,3,6-7,10,12-13H2,1-2,4-5H3/b11-9-. The molecule has 0 saturated heterocycles. The summed E-state index contributed by atoms with van der Waals surface area (Å²) in [4.78, 5) is 0. The van der Waals surface area contributed by atoms with Crippen LogP contribution in [0.25, 0.3) is 0 Å². The Hall–Kier alpha value is -0.560. The van der Waals surface area contributed by atoms with Gasteiger partial charge in [0.2, 0.25) is 0 Å². The summed E-state index contributed by atoms with van der Waals surface area (Å²) in [5.41, 5.74) is 0. The van der Waals surface area contributed by atoms with E-state index in [1.165, 1.54) is 6.42 Å². The van der Waals surface area contributed by atoms with E-state index in [4.69, 9.17) is 4.74 Å². The first-order valence-electron chi connectivity index (χ1n) is 7.06. The van der Waals surface area contributed by atoms with Crippen LogP contribution < -0.4 is 0 Å². The summed E-state index contributed by atoms with van der Waals surface area (Å²) in [6.45, 7) is 13.7. The van der Waals surface area contributed by atoms with Crippen LogP contribution in [-0.2, 0) is 4.74 Å². The number of rotatable bonds is 10. The Morgan fingerprint density at radius 1 is 1.24 bits per heavy atom. The third-order valence-electron chi connectivity index (χ3n) is 3.08. The molecular formula is C16H30O. The van der Waals surface area contributed by atoms with E-state index < -0.39 is 0 Å². The van der Waals surface area contributed by atoms with Crippen LogP contribution in [0.1, 0.15) is 53.4 Å². The van der Waals surface area contributed by atoms with Crippen molar-refractivity contribution in [3.8, 4) is 0 Å². The predicted octanol–water partition coefficient (Wildman–Crippen LogP) is 4.99. The number of hydrogen-bond donors (Lipinski definition) is 0. The van der Waals surface area contributed by atoms with Gasteiger partial charge in [0.05, 0.1) is 6.10 Å². The molecule has 0 heterocycles. The second kappa shape index (κ2) is 10.6. The minimum Gasteiger partial charge on any atom is -0.374 e. The largest absolute Gasteiger partial charge is 0.374 e. The Labute approximate surface area is 108 Å². The van der Waals surface area contributed by atoms with Crippen molar-refractivity contribution in [2.75, 3.05) is 6.61 Å². The third kappa shape index (κ3) is 8.20. The summed E-state index contributed by atoms with van der Waals surface area (Å²) in [6, 6.07) is 0. The van der Waals surface area contributed by atoms with Crippen molar-refractivity contribution in [3.63, 3.8) is 0 Å². The van der Waals surface area contributed by atoms with Crippen LogP contribution in [0.3, 0.4) is 0 Å². The molecule has 0 bridgehead atoms. The van der Waals surface area contributed by atoms with Gasteiger partial charge in [-0.3, -0.25) is 0 Å². The molecule has 17 heavy (non-hydrogen) atoms. The number of allylic oxidation sites excluding steroid dienone is 2. The maximum atomic E-state index is 5.93. The molecule has 0 N–H and O–H groups in total. The second-order valence-electron chi connectivity index (χ2n) is 4.98. The van der Waals surface area contributed by atoms with E-state index in [0.29, 0.717) is 11.8 Å². The molecule has 0 aliphatic carbocycles. The van der Waals surface area contributed by atoms with Crippen molar-refractivity contribution >= 4 is 0 Å². The maximum Gasteiger partial charge on any atom is 0.0761 e. The zero-order chi connectivity index (χ0) is 13.1. The van der Waals surface area contributed by atoms with Gasteiger partial charge < -0.3 is 4.74 Å². The van der Waals surface area contributed by atoms with E-state index in [0.717, 1.165) is 25.9 Å².